The smallest absolute Gasteiger partial charge is 0.143 e. The molecule has 58 heavy (non-hydrogen) atoms. The predicted octanol–water partition coefficient (Wildman–Crippen LogP) is 15.5. The van der Waals surface area contributed by atoms with Gasteiger partial charge in [-0.1, -0.05) is 133 Å². The Morgan fingerprint density at radius 2 is 0.724 bits per heavy atom. The Labute approximate surface area is 331 Å². The molecule has 0 bridgehead atoms. The normalized spacial score (nSPS) is 12.1. The Kier molecular flexibility index (Phi) is 6.41. The maximum absolute atomic E-state index is 6.67. The van der Waals surface area contributed by atoms with Crippen molar-refractivity contribution in [1.82, 2.24) is 4.57 Å². The molecule has 0 atom stereocenters. The van der Waals surface area contributed by atoms with Gasteiger partial charge in [0.1, 0.15) is 33.5 Å². The quantitative estimate of drug-likeness (QED) is 0.180. The second-order valence-corrected chi connectivity index (χ2v) is 15.2. The van der Waals surface area contributed by atoms with Gasteiger partial charge in [-0.05, 0) is 76.9 Å². The van der Waals surface area contributed by atoms with Crippen LogP contribution < -0.4 is 0 Å². The number of furan rings is 3. The Hall–Kier alpha value is -7.82. The summed E-state index contributed by atoms with van der Waals surface area (Å²) in [5.41, 5.74) is 15.3. The molecule has 0 saturated heterocycles. The van der Waals surface area contributed by atoms with E-state index in [1.807, 2.05) is 24.3 Å². The Morgan fingerprint density at radius 1 is 0.293 bits per heavy atom. The lowest BCUT2D eigenvalue weighted by molar-refractivity contribution is 0.669. The number of benzene rings is 9. The zero-order valence-corrected chi connectivity index (χ0v) is 31.1. The van der Waals surface area contributed by atoms with Crippen molar-refractivity contribution in [3.63, 3.8) is 0 Å². The molecule has 0 aliphatic rings. The van der Waals surface area contributed by atoms with Crippen molar-refractivity contribution in [1.29, 1.82) is 0 Å². The van der Waals surface area contributed by atoms with Gasteiger partial charge in [0.15, 0.2) is 0 Å². The predicted molar refractivity (Wildman–Crippen MR) is 239 cm³/mol. The highest BCUT2D eigenvalue weighted by molar-refractivity contribution is 6.24. The van der Waals surface area contributed by atoms with Crippen molar-refractivity contribution in [2.24, 2.45) is 0 Å². The molecule has 0 amide bonds. The van der Waals surface area contributed by atoms with Crippen molar-refractivity contribution in [3.05, 3.63) is 188 Å². The fraction of sp³-hybridized carbons (Fsp3) is 0. The van der Waals surface area contributed by atoms with Crippen LogP contribution in [0, 0.1) is 0 Å². The largest absolute Gasteiger partial charge is 0.456 e. The third kappa shape index (κ3) is 4.40. The van der Waals surface area contributed by atoms with Crippen LogP contribution in [0.5, 0.6) is 0 Å². The highest BCUT2D eigenvalue weighted by Gasteiger charge is 2.23. The van der Waals surface area contributed by atoms with Crippen LogP contribution >= 0.6 is 0 Å². The summed E-state index contributed by atoms with van der Waals surface area (Å²) in [4.78, 5) is 0. The number of fused-ring (bicyclic) bond motifs is 12. The molecule has 0 spiro atoms. The zero-order valence-electron chi connectivity index (χ0n) is 31.1. The summed E-state index contributed by atoms with van der Waals surface area (Å²) in [7, 11) is 0. The van der Waals surface area contributed by atoms with Gasteiger partial charge in [-0.15, -0.1) is 0 Å². The minimum absolute atomic E-state index is 0.886. The van der Waals surface area contributed by atoms with Gasteiger partial charge < -0.3 is 17.8 Å². The first-order chi connectivity index (χ1) is 28.8. The Bertz CT molecular complexity index is 3630. The van der Waals surface area contributed by atoms with Crippen LogP contribution in [-0.2, 0) is 0 Å². The summed E-state index contributed by atoms with van der Waals surface area (Å²) in [5, 5.41) is 9.03. The minimum atomic E-state index is 0.886. The van der Waals surface area contributed by atoms with Crippen molar-refractivity contribution in [2.45, 2.75) is 0 Å². The van der Waals surface area contributed by atoms with Gasteiger partial charge in [-0.3, -0.25) is 0 Å². The number of hydrogen-bond acceptors (Lipinski definition) is 3. The van der Waals surface area contributed by atoms with E-state index >= 15 is 0 Å². The van der Waals surface area contributed by atoms with E-state index in [9.17, 15) is 0 Å². The minimum Gasteiger partial charge on any atom is -0.456 e. The second kappa shape index (κ2) is 11.8. The number of aromatic nitrogens is 1. The average Bonchev–Trinajstić information content (AvgIpc) is 4.05. The fourth-order valence-corrected chi connectivity index (χ4v) is 9.46. The molecule has 0 saturated carbocycles. The van der Waals surface area contributed by atoms with Crippen LogP contribution in [0.15, 0.2) is 201 Å². The second-order valence-electron chi connectivity index (χ2n) is 15.2. The molecule has 0 N–H and O–H groups in total. The monoisotopic (exact) mass is 741 g/mol. The highest BCUT2D eigenvalue weighted by Crippen LogP contribution is 2.47. The summed E-state index contributed by atoms with van der Waals surface area (Å²) in [6, 6.07) is 66.6. The van der Waals surface area contributed by atoms with Gasteiger partial charge in [-0.2, -0.15) is 0 Å². The molecular weight excluding hydrogens is 711 g/mol. The van der Waals surface area contributed by atoms with Crippen LogP contribution in [0.4, 0.5) is 0 Å². The van der Waals surface area contributed by atoms with Crippen molar-refractivity contribution >= 4 is 87.6 Å². The number of hydrogen-bond donors (Lipinski definition) is 0. The lowest BCUT2D eigenvalue weighted by atomic mass is 9.93. The van der Waals surface area contributed by atoms with Crippen LogP contribution in [0.1, 0.15) is 0 Å². The van der Waals surface area contributed by atoms with Gasteiger partial charge in [-0.25, -0.2) is 0 Å². The molecule has 0 unspecified atom stereocenters. The molecule has 0 aliphatic heterocycles. The summed E-state index contributed by atoms with van der Waals surface area (Å²) in [6.45, 7) is 0. The van der Waals surface area contributed by atoms with E-state index in [-0.39, 0.29) is 0 Å². The van der Waals surface area contributed by atoms with E-state index in [0.29, 0.717) is 0 Å². The molecule has 4 aromatic heterocycles. The van der Waals surface area contributed by atoms with E-state index in [2.05, 4.69) is 168 Å². The van der Waals surface area contributed by atoms with Crippen molar-refractivity contribution < 1.29 is 13.3 Å². The summed E-state index contributed by atoms with van der Waals surface area (Å²) < 4.78 is 21.9. The molecule has 13 aromatic rings. The molecule has 4 heterocycles. The zero-order chi connectivity index (χ0) is 37.9. The molecule has 9 aromatic carbocycles. The van der Waals surface area contributed by atoms with E-state index in [0.717, 1.165) is 127 Å². The topological polar surface area (TPSA) is 44.4 Å². The summed E-state index contributed by atoms with van der Waals surface area (Å²) in [6.07, 6.45) is 0. The Morgan fingerprint density at radius 3 is 1.29 bits per heavy atom. The van der Waals surface area contributed by atoms with Gasteiger partial charge in [0.05, 0.1) is 11.0 Å². The van der Waals surface area contributed by atoms with Gasteiger partial charge in [0.2, 0.25) is 0 Å². The summed E-state index contributed by atoms with van der Waals surface area (Å²) in [5.74, 6) is 0. The van der Waals surface area contributed by atoms with Gasteiger partial charge in [0, 0.05) is 59.9 Å². The third-order valence-corrected chi connectivity index (χ3v) is 12.0. The van der Waals surface area contributed by atoms with Crippen LogP contribution in [0.3, 0.4) is 0 Å². The molecule has 270 valence electrons. The van der Waals surface area contributed by atoms with Crippen LogP contribution in [0.25, 0.3) is 127 Å². The lowest BCUT2D eigenvalue weighted by Gasteiger charge is -2.10. The first kappa shape index (κ1) is 31.4. The summed E-state index contributed by atoms with van der Waals surface area (Å²) >= 11 is 0. The van der Waals surface area contributed by atoms with Crippen LogP contribution in [-0.4, -0.2) is 4.57 Å². The van der Waals surface area contributed by atoms with Crippen LogP contribution in [0.2, 0.25) is 0 Å². The molecule has 4 nitrogen and oxygen atoms in total. The molecule has 4 heteroatoms. The van der Waals surface area contributed by atoms with E-state index in [4.69, 9.17) is 13.3 Å². The molecule has 13 rings (SSSR count). The standard InChI is InChI=1S/C54H31NO3/c1-5-23-48-35(11-1)40-16-7-18-42(53(40)57-48)38-14-9-20-45-51(38)52-39(43-19-8-17-41-36-12-2-6-24-49(36)58-54(41)43)15-10-21-46(52)55(45)34-28-25-32(26-29-34)33-27-30-50-44(31-33)37-13-3-4-22-47(37)56-50/h1-31H. The van der Waals surface area contributed by atoms with E-state index in [1.54, 1.807) is 0 Å². The molecule has 0 aliphatic carbocycles. The van der Waals surface area contributed by atoms with E-state index in [1.165, 1.54) is 0 Å². The molecular formula is C54H31NO3. The number of para-hydroxylation sites is 5. The number of rotatable bonds is 4. The third-order valence-electron chi connectivity index (χ3n) is 12.0. The van der Waals surface area contributed by atoms with Crippen molar-refractivity contribution in [2.75, 3.05) is 0 Å². The van der Waals surface area contributed by atoms with Gasteiger partial charge in [0.25, 0.3) is 0 Å². The highest BCUT2D eigenvalue weighted by atomic mass is 16.3. The lowest BCUT2D eigenvalue weighted by Crippen LogP contribution is -1.94. The maximum Gasteiger partial charge on any atom is 0.143 e. The maximum atomic E-state index is 6.67. The SMILES string of the molecule is c1ccc2c(c1)oc1ccc(-c3ccc(-n4c5cccc(-c6cccc7c6oc6ccccc67)c5c5c(-c6cccc7c6oc6ccccc67)cccc54)cc3)cc12. The van der Waals surface area contributed by atoms with E-state index < -0.39 is 0 Å². The molecule has 0 radical (unpaired) electrons. The molecule has 0 fully saturated rings. The first-order valence-corrected chi connectivity index (χ1v) is 19.7. The first-order valence-electron chi connectivity index (χ1n) is 19.7. The number of nitrogens with zero attached hydrogens (tertiary/aromatic N) is 1. The van der Waals surface area contributed by atoms with Gasteiger partial charge >= 0.3 is 0 Å². The van der Waals surface area contributed by atoms with Crippen molar-refractivity contribution in [3.8, 4) is 39.1 Å². The Balaban J connectivity index is 1.08. The average molecular weight is 742 g/mol. The fourth-order valence-electron chi connectivity index (χ4n) is 9.46.